The molecule has 0 aliphatic rings. The zero-order valence-corrected chi connectivity index (χ0v) is 15.7. The van der Waals surface area contributed by atoms with Gasteiger partial charge >= 0.3 is 0 Å². The number of hydrogen-bond donors (Lipinski definition) is 1. The predicted octanol–water partition coefficient (Wildman–Crippen LogP) is 5.03. The van der Waals surface area contributed by atoms with E-state index in [0.717, 1.165) is 10.9 Å². The normalized spacial score (nSPS) is 10.8. The molecular formula is C23H17ClN2O2. The number of aromatic nitrogens is 1. The molecule has 0 atom stereocenters. The average molecular weight is 389 g/mol. The summed E-state index contributed by atoms with van der Waals surface area (Å²) in [5, 5.41) is 1.41. The van der Waals surface area contributed by atoms with Crippen LogP contribution in [-0.2, 0) is 6.54 Å². The van der Waals surface area contributed by atoms with Crippen LogP contribution in [-0.4, -0.2) is 10.9 Å². The van der Waals surface area contributed by atoms with E-state index in [0.29, 0.717) is 21.8 Å². The Hall–Kier alpha value is -3.37. The van der Waals surface area contributed by atoms with E-state index in [9.17, 15) is 9.59 Å². The average Bonchev–Trinajstić information content (AvgIpc) is 2.72. The summed E-state index contributed by atoms with van der Waals surface area (Å²) in [6.45, 7) is 0.148. The van der Waals surface area contributed by atoms with Crippen LogP contribution in [0.3, 0.4) is 0 Å². The van der Waals surface area contributed by atoms with Gasteiger partial charge in [-0.25, -0.2) is 0 Å². The highest BCUT2D eigenvalue weighted by molar-refractivity contribution is 6.31. The predicted molar refractivity (Wildman–Crippen MR) is 113 cm³/mol. The van der Waals surface area contributed by atoms with Crippen molar-refractivity contribution in [3.63, 3.8) is 0 Å². The van der Waals surface area contributed by atoms with E-state index < -0.39 is 0 Å². The van der Waals surface area contributed by atoms with Gasteiger partial charge in [0.1, 0.15) is 0 Å². The number of aromatic amines is 1. The molecule has 5 heteroatoms. The minimum absolute atomic E-state index is 0.148. The zero-order valence-electron chi connectivity index (χ0n) is 14.9. The second-order valence-electron chi connectivity index (χ2n) is 6.45. The zero-order chi connectivity index (χ0) is 19.5. The van der Waals surface area contributed by atoms with Gasteiger partial charge in [-0.3, -0.25) is 9.59 Å². The lowest BCUT2D eigenvalue weighted by Crippen LogP contribution is -2.32. The highest BCUT2D eigenvalue weighted by Crippen LogP contribution is 2.21. The van der Waals surface area contributed by atoms with Gasteiger partial charge in [-0.15, -0.1) is 0 Å². The molecule has 138 valence electrons. The Morgan fingerprint density at radius 1 is 0.893 bits per heavy atom. The summed E-state index contributed by atoms with van der Waals surface area (Å²) in [5.41, 5.74) is 2.24. The largest absolute Gasteiger partial charge is 0.322 e. The van der Waals surface area contributed by atoms with Crippen molar-refractivity contribution in [2.24, 2.45) is 0 Å². The first-order chi connectivity index (χ1) is 13.6. The topological polar surface area (TPSA) is 53.2 Å². The number of anilines is 1. The van der Waals surface area contributed by atoms with Crippen molar-refractivity contribution < 1.29 is 4.79 Å². The van der Waals surface area contributed by atoms with Crippen molar-refractivity contribution in [1.82, 2.24) is 4.98 Å². The van der Waals surface area contributed by atoms with E-state index in [2.05, 4.69) is 4.98 Å². The van der Waals surface area contributed by atoms with Gasteiger partial charge < -0.3 is 9.88 Å². The van der Waals surface area contributed by atoms with Crippen molar-refractivity contribution >= 4 is 34.1 Å². The highest BCUT2D eigenvalue weighted by Gasteiger charge is 2.20. The van der Waals surface area contributed by atoms with Gasteiger partial charge in [-0.1, -0.05) is 54.1 Å². The molecular weight excluding hydrogens is 372 g/mol. The molecule has 0 saturated carbocycles. The van der Waals surface area contributed by atoms with Gasteiger partial charge in [-0.2, -0.15) is 0 Å². The number of para-hydroxylation sites is 2. The molecule has 1 amide bonds. The number of halogens is 1. The number of carbonyl (C=O) groups is 1. The molecule has 0 aliphatic heterocycles. The number of fused-ring (bicyclic) bond motifs is 1. The molecule has 1 aromatic heterocycles. The minimum atomic E-state index is -0.221. The smallest absolute Gasteiger partial charge is 0.258 e. The Morgan fingerprint density at radius 3 is 2.43 bits per heavy atom. The van der Waals surface area contributed by atoms with E-state index >= 15 is 0 Å². The highest BCUT2D eigenvalue weighted by atomic mass is 35.5. The summed E-state index contributed by atoms with van der Waals surface area (Å²) in [7, 11) is 0. The summed E-state index contributed by atoms with van der Waals surface area (Å²) in [5.74, 6) is -0.221. The monoisotopic (exact) mass is 388 g/mol. The second-order valence-corrected chi connectivity index (χ2v) is 6.88. The van der Waals surface area contributed by atoms with Crippen LogP contribution in [0.15, 0.2) is 89.7 Å². The maximum absolute atomic E-state index is 13.2. The molecule has 0 fully saturated rings. The molecule has 0 saturated heterocycles. The number of H-pyrrole nitrogens is 1. The number of rotatable bonds is 4. The molecule has 0 spiro atoms. The van der Waals surface area contributed by atoms with Crippen molar-refractivity contribution in [3.05, 3.63) is 111 Å². The molecule has 4 aromatic rings. The van der Waals surface area contributed by atoms with E-state index in [-0.39, 0.29) is 18.0 Å². The lowest BCUT2D eigenvalue weighted by atomic mass is 10.1. The third kappa shape index (κ3) is 3.68. The van der Waals surface area contributed by atoms with E-state index in [4.69, 9.17) is 11.6 Å². The fourth-order valence-electron chi connectivity index (χ4n) is 3.15. The van der Waals surface area contributed by atoms with Crippen LogP contribution in [0.5, 0.6) is 0 Å². The van der Waals surface area contributed by atoms with Crippen LogP contribution in [0.4, 0.5) is 5.69 Å². The van der Waals surface area contributed by atoms with E-state index in [1.165, 1.54) is 0 Å². The SMILES string of the molecule is O=C(c1cccc(Cl)c1)N(Cc1cc2ccccc2[nH]c1=O)c1ccccc1. The summed E-state index contributed by atoms with van der Waals surface area (Å²) >= 11 is 6.06. The first-order valence-electron chi connectivity index (χ1n) is 8.85. The van der Waals surface area contributed by atoms with Gasteiger partial charge in [0.25, 0.3) is 11.5 Å². The number of benzene rings is 3. The molecule has 0 radical (unpaired) electrons. The van der Waals surface area contributed by atoms with Crippen LogP contribution in [0.1, 0.15) is 15.9 Å². The molecule has 4 rings (SSSR count). The first-order valence-corrected chi connectivity index (χ1v) is 9.23. The molecule has 0 bridgehead atoms. The molecule has 0 unspecified atom stereocenters. The third-order valence-corrected chi connectivity index (χ3v) is 4.78. The third-order valence-electron chi connectivity index (χ3n) is 4.54. The van der Waals surface area contributed by atoms with Crippen LogP contribution >= 0.6 is 11.6 Å². The lowest BCUT2D eigenvalue weighted by Gasteiger charge is -2.23. The maximum atomic E-state index is 13.2. The van der Waals surface area contributed by atoms with Crippen LogP contribution in [0.2, 0.25) is 5.02 Å². The van der Waals surface area contributed by atoms with Crippen LogP contribution in [0.25, 0.3) is 10.9 Å². The van der Waals surface area contributed by atoms with Crippen molar-refractivity contribution in [1.29, 1.82) is 0 Å². The summed E-state index contributed by atoms with van der Waals surface area (Å²) < 4.78 is 0. The number of hydrogen-bond acceptors (Lipinski definition) is 2. The second kappa shape index (κ2) is 7.71. The van der Waals surface area contributed by atoms with Crippen molar-refractivity contribution in [3.8, 4) is 0 Å². The quantitative estimate of drug-likeness (QED) is 0.533. The Balaban J connectivity index is 1.77. The molecule has 1 N–H and O–H groups in total. The number of carbonyl (C=O) groups excluding carboxylic acids is 1. The van der Waals surface area contributed by atoms with Crippen molar-refractivity contribution in [2.75, 3.05) is 4.90 Å². The number of amides is 1. The molecule has 3 aromatic carbocycles. The molecule has 28 heavy (non-hydrogen) atoms. The van der Waals surface area contributed by atoms with Gasteiger partial charge in [0.15, 0.2) is 0 Å². The molecule has 0 aliphatic carbocycles. The number of pyridine rings is 1. The standard InChI is InChI=1S/C23H17ClN2O2/c24-19-9-6-8-17(14-19)23(28)26(20-10-2-1-3-11-20)15-18-13-16-7-4-5-12-21(16)25-22(18)27/h1-14H,15H2,(H,25,27). The maximum Gasteiger partial charge on any atom is 0.258 e. The van der Waals surface area contributed by atoms with Gasteiger partial charge in [0.2, 0.25) is 0 Å². The fourth-order valence-corrected chi connectivity index (χ4v) is 3.34. The van der Waals surface area contributed by atoms with E-state index in [1.807, 2.05) is 60.7 Å². The Labute approximate surface area is 167 Å². The van der Waals surface area contributed by atoms with Gasteiger partial charge in [0.05, 0.1) is 6.54 Å². The Kier molecular flexibility index (Phi) is 4.96. The minimum Gasteiger partial charge on any atom is -0.322 e. The number of nitrogens with one attached hydrogen (secondary N) is 1. The van der Waals surface area contributed by atoms with Gasteiger partial charge in [-0.05, 0) is 47.9 Å². The fraction of sp³-hybridized carbons (Fsp3) is 0.0435. The lowest BCUT2D eigenvalue weighted by molar-refractivity contribution is 0.0985. The molecule has 1 heterocycles. The molecule has 4 nitrogen and oxygen atoms in total. The summed E-state index contributed by atoms with van der Waals surface area (Å²) in [4.78, 5) is 30.3. The first kappa shape index (κ1) is 18.0. The van der Waals surface area contributed by atoms with Crippen LogP contribution in [0, 0.1) is 0 Å². The summed E-state index contributed by atoms with van der Waals surface area (Å²) in [6, 6.07) is 25.5. The van der Waals surface area contributed by atoms with Gasteiger partial charge in [0, 0.05) is 27.4 Å². The van der Waals surface area contributed by atoms with Crippen LogP contribution < -0.4 is 10.5 Å². The Morgan fingerprint density at radius 2 is 1.64 bits per heavy atom. The van der Waals surface area contributed by atoms with E-state index in [1.54, 1.807) is 29.2 Å². The van der Waals surface area contributed by atoms with Crippen molar-refractivity contribution in [2.45, 2.75) is 6.54 Å². The summed E-state index contributed by atoms with van der Waals surface area (Å²) in [6.07, 6.45) is 0. The number of nitrogens with zero attached hydrogens (tertiary/aromatic N) is 1. The Bertz CT molecular complexity index is 1200.